The molecule has 0 spiro atoms. The third-order valence-electron chi connectivity index (χ3n) is 5.23. The number of aromatic carboxylic acids is 4. The molecular weight excluding hydrogens is 456 g/mol. The second-order valence-corrected chi connectivity index (χ2v) is 7.48. The van der Waals surface area contributed by atoms with Crippen molar-refractivity contribution < 1.29 is 39.6 Å². The van der Waals surface area contributed by atoms with Gasteiger partial charge < -0.3 is 25.4 Å². The average Bonchev–Trinajstić information content (AvgIpc) is 3.29. The zero-order valence-corrected chi connectivity index (χ0v) is 17.7. The number of hydrogen-bond donors (Lipinski definition) is 5. The number of benzene rings is 3. The molecule has 5 N–H and O–H groups in total. The predicted octanol–water partition coefficient (Wildman–Crippen LogP) is 4.20. The van der Waals surface area contributed by atoms with E-state index in [1.165, 1.54) is 36.4 Å². The highest BCUT2D eigenvalue weighted by molar-refractivity contribution is 5.96. The highest BCUT2D eigenvalue weighted by Gasteiger charge is 2.19. The summed E-state index contributed by atoms with van der Waals surface area (Å²) in [4.78, 5) is 53.1. The lowest BCUT2D eigenvalue weighted by Gasteiger charge is -2.05. The van der Waals surface area contributed by atoms with E-state index in [0.717, 1.165) is 6.07 Å². The number of hydrogen-bond acceptors (Lipinski definition) is 5. The van der Waals surface area contributed by atoms with Crippen LogP contribution in [0.1, 0.15) is 41.4 Å². The second-order valence-electron chi connectivity index (χ2n) is 7.48. The molecule has 0 unspecified atom stereocenters. The molecule has 4 aromatic rings. The number of aromatic amines is 1. The van der Waals surface area contributed by atoms with Gasteiger partial charge in [0, 0.05) is 16.7 Å². The Kier molecular flexibility index (Phi) is 5.86. The number of carboxylic acid groups (broad SMARTS) is 4. The second kappa shape index (κ2) is 8.94. The first kappa shape index (κ1) is 22.9. The van der Waals surface area contributed by atoms with Gasteiger partial charge in [-0.3, -0.25) is 0 Å². The summed E-state index contributed by atoms with van der Waals surface area (Å²) in [5, 5.41) is 37.2. The lowest BCUT2D eigenvalue weighted by Crippen LogP contribution is -2.03. The SMILES string of the molecule is O=C(O)c1ccc(-c2nc(-c3cc(C(=O)O)cc(C(=O)O)c3)[nH]c2-c2ccc(C(=O)O)cc2)cc1. The van der Waals surface area contributed by atoms with Gasteiger partial charge in [-0.2, -0.15) is 0 Å². The molecule has 1 aromatic heterocycles. The molecule has 35 heavy (non-hydrogen) atoms. The fraction of sp³-hybridized carbons (Fsp3) is 0. The molecule has 3 aromatic carbocycles. The van der Waals surface area contributed by atoms with Crippen molar-refractivity contribution in [2.24, 2.45) is 0 Å². The topological polar surface area (TPSA) is 178 Å². The molecular formula is C25H16N2O8. The first-order valence-electron chi connectivity index (χ1n) is 10.0. The Morgan fingerprint density at radius 1 is 0.543 bits per heavy atom. The minimum Gasteiger partial charge on any atom is -0.478 e. The maximum absolute atomic E-state index is 11.5. The maximum atomic E-state index is 11.5. The van der Waals surface area contributed by atoms with Crippen LogP contribution in [0.2, 0.25) is 0 Å². The van der Waals surface area contributed by atoms with Gasteiger partial charge in [0.2, 0.25) is 0 Å². The Labute approximate surface area is 196 Å². The van der Waals surface area contributed by atoms with Crippen LogP contribution in [0.5, 0.6) is 0 Å². The third-order valence-corrected chi connectivity index (χ3v) is 5.23. The van der Waals surface area contributed by atoms with Crippen LogP contribution in [0.15, 0.2) is 66.7 Å². The fourth-order valence-corrected chi connectivity index (χ4v) is 3.49. The van der Waals surface area contributed by atoms with Crippen LogP contribution in [0, 0.1) is 0 Å². The lowest BCUT2D eigenvalue weighted by molar-refractivity contribution is 0.0680. The lowest BCUT2D eigenvalue weighted by atomic mass is 10.0. The largest absolute Gasteiger partial charge is 0.478 e. The minimum absolute atomic E-state index is 0.0668. The number of nitrogens with zero attached hydrogens (tertiary/aromatic N) is 1. The molecule has 174 valence electrons. The summed E-state index contributed by atoms with van der Waals surface area (Å²) in [6.45, 7) is 0. The zero-order chi connectivity index (χ0) is 25.3. The zero-order valence-electron chi connectivity index (χ0n) is 17.7. The van der Waals surface area contributed by atoms with E-state index in [-0.39, 0.29) is 33.6 Å². The fourth-order valence-electron chi connectivity index (χ4n) is 3.49. The van der Waals surface area contributed by atoms with Crippen molar-refractivity contribution in [3.63, 3.8) is 0 Å². The normalized spacial score (nSPS) is 10.6. The quantitative estimate of drug-likeness (QED) is 0.263. The van der Waals surface area contributed by atoms with E-state index < -0.39 is 23.9 Å². The van der Waals surface area contributed by atoms with E-state index >= 15 is 0 Å². The van der Waals surface area contributed by atoms with E-state index in [9.17, 15) is 39.6 Å². The number of imidazole rings is 1. The Morgan fingerprint density at radius 3 is 1.40 bits per heavy atom. The van der Waals surface area contributed by atoms with E-state index in [1.54, 1.807) is 24.3 Å². The van der Waals surface area contributed by atoms with E-state index in [4.69, 9.17) is 0 Å². The molecule has 10 nitrogen and oxygen atoms in total. The summed E-state index contributed by atoms with van der Waals surface area (Å²) < 4.78 is 0. The number of carboxylic acids is 4. The Hall–Kier alpha value is -5.25. The van der Waals surface area contributed by atoms with Gasteiger partial charge >= 0.3 is 23.9 Å². The van der Waals surface area contributed by atoms with Crippen LogP contribution >= 0.6 is 0 Å². The summed E-state index contributed by atoms with van der Waals surface area (Å²) in [5.74, 6) is -4.65. The van der Waals surface area contributed by atoms with Crippen molar-refractivity contribution in [1.29, 1.82) is 0 Å². The van der Waals surface area contributed by atoms with Crippen LogP contribution in [-0.4, -0.2) is 54.3 Å². The van der Waals surface area contributed by atoms with Gasteiger partial charge in [0.1, 0.15) is 5.82 Å². The van der Waals surface area contributed by atoms with Gasteiger partial charge in [-0.15, -0.1) is 0 Å². The predicted molar refractivity (Wildman–Crippen MR) is 123 cm³/mol. The van der Waals surface area contributed by atoms with Crippen molar-refractivity contribution in [2.75, 3.05) is 0 Å². The number of aromatic nitrogens is 2. The van der Waals surface area contributed by atoms with Crippen molar-refractivity contribution >= 4 is 23.9 Å². The maximum Gasteiger partial charge on any atom is 0.335 e. The molecule has 0 saturated carbocycles. The summed E-state index contributed by atoms with van der Waals surface area (Å²) in [6, 6.07) is 15.4. The first-order chi connectivity index (χ1) is 16.6. The molecule has 10 heteroatoms. The van der Waals surface area contributed by atoms with Gasteiger partial charge in [0.25, 0.3) is 0 Å². The minimum atomic E-state index is -1.31. The van der Waals surface area contributed by atoms with E-state index in [2.05, 4.69) is 9.97 Å². The molecule has 0 aliphatic heterocycles. The molecule has 0 fully saturated rings. The number of rotatable bonds is 7. The number of nitrogens with one attached hydrogen (secondary N) is 1. The van der Waals surface area contributed by atoms with Crippen LogP contribution in [-0.2, 0) is 0 Å². The van der Waals surface area contributed by atoms with Crippen LogP contribution in [0.25, 0.3) is 33.9 Å². The van der Waals surface area contributed by atoms with Crippen molar-refractivity contribution in [3.05, 3.63) is 89.0 Å². The Bertz CT molecular complexity index is 1380. The average molecular weight is 472 g/mol. The number of carbonyl (C=O) groups is 4. The van der Waals surface area contributed by atoms with Crippen LogP contribution < -0.4 is 0 Å². The summed E-state index contributed by atoms with van der Waals surface area (Å²) in [6.07, 6.45) is 0. The van der Waals surface area contributed by atoms with Crippen LogP contribution in [0.3, 0.4) is 0 Å². The van der Waals surface area contributed by atoms with Gasteiger partial charge in [0.15, 0.2) is 0 Å². The third kappa shape index (κ3) is 4.62. The van der Waals surface area contributed by atoms with Crippen molar-refractivity contribution in [3.8, 4) is 33.9 Å². The molecule has 0 aliphatic rings. The molecule has 1 heterocycles. The highest BCUT2D eigenvalue weighted by atomic mass is 16.4. The van der Waals surface area contributed by atoms with E-state index in [1.807, 2.05) is 0 Å². The highest BCUT2D eigenvalue weighted by Crippen LogP contribution is 2.34. The molecule has 4 rings (SSSR count). The van der Waals surface area contributed by atoms with Crippen molar-refractivity contribution in [2.45, 2.75) is 0 Å². The molecule has 0 bridgehead atoms. The number of H-pyrrole nitrogens is 1. The monoisotopic (exact) mass is 472 g/mol. The smallest absolute Gasteiger partial charge is 0.335 e. The van der Waals surface area contributed by atoms with Gasteiger partial charge in [-0.25, -0.2) is 24.2 Å². The standard InChI is InChI=1S/C25H16N2O8/c28-22(29)14-5-1-12(2-6-14)19-20(13-3-7-15(8-4-13)23(30)31)27-21(26-19)16-9-17(24(32)33)11-18(10-16)25(34)35/h1-11H,(H,26,27)(H,28,29)(H,30,31)(H,32,33)(H,34,35). The van der Waals surface area contributed by atoms with Gasteiger partial charge in [0.05, 0.1) is 33.6 Å². The Morgan fingerprint density at radius 2 is 0.971 bits per heavy atom. The Balaban J connectivity index is 1.91. The van der Waals surface area contributed by atoms with Gasteiger partial charge in [-0.05, 0) is 42.5 Å². The molecule has 0 saturated heterocycles. The summed E-state index contributed by atoms with van der Waals surface area (Å²) in [7, 11) is 0. The van der Waals surface area contributed by atoms with E-state index in [0.29, 0.717) is 22.5 Å². The van der Waals surface area contributed by atoms with Crippen molar-refractivity contribution in [1.82, 2.24) is 9.97 Å². The molecule has 0 aliphatic carbocycles. The van der Waals surface area contributed by atoms with Crippen LogP contribution in [0.4, 0.5) is 0 Å². The summed E-state index contributed by atoms with van der Waals surface area (Å²) >= 11 is 0. The van der Waals surface area contributed by atoms with Gasteiger partial charge in [-0.1, -0.05) is 24.3 Å². The molecule has 0 radical (unpaired) electrons. The molecule has 0 amide bonds. The first-order valence-corrected chi connectivity index (χ1v) is 10.0. The molecule has 0 atom stereocenters. The summed E-state index contributed by atoms with van der Waals surface area (Å²) in [5.41, 5.74) is 1.76.